The number of fused-ring (bicyclic) bond motifs is 1. The van der Waals surface area contributed by atoms with Gasteiger partial charge in [-0.3, -0.25) is 9.59 Å². The number of likely N-dealkylation sites (tertiary alicyclic amines) is 1. The average molecular weight is 310 g/mol. The quantitative estimate of drug-likeness (QED) is 0.716. The number of carbonyl (C=O) groups is 1. The molecular weight excluding hydrogens is 296 g/mol. The van der Waals surface area contributed by atoms with Gasteiger partial charge in [-0.25, -0.2) is 0 Å². The second-order valence-corrected chi connectivity index (χ2v) is 5.51. The van der Waals surface area contributed by atoms with E-state index >= 15 is 0 Å². The van der Waals surface area contributed by atoms with Crippen LogP contribution in [0.15, 0.2) is 51.9 Å². The van der Waals surface area contributed by atoms with Crippen molar-refractivity contribution < 1.29 is 9.21 Å². The summed E-state index contributed by atoms with van der Waals surface area (Å²) < 4.78 is 5.61. The van der Waals surface area contributed by atoms with Gasteiger partial charge in [0, 0.05) is 19.2 Å². The molecule has 1 aromatic carbocycles. The van der Waals surface area contributed by atoms with Crippen molar-refractivity contribution in [2.75, 3.05) is 13.1 Å². The Labute approximate surface area is 131 Å². The fourth-order valence-corrected chi connectivity index (χ4v) is 2.89. The van der Waals surface area contributed by atoms with E-state index in [9.17, 15) is 9.59 Å². The number of para-hydroxylation sites is 1. The number of amides is 1. The predicted molar refractivity (Wildman–Crippen MR) is 82.1 cm³/mol. The van der Waals surface area contributed by atoms with Crippen molar-refractivity contribution in [2.24, 2.45) is 0 Å². The third-order valence-corrected chi connectivity index (χ3v) is 4.06. The smallest absolute Gasteiger partial charge is 0.289 e. The molecule has 7 heteroatoms. The molecule has 23 heavy (non-hydrogen) atoms. The summed E-state index contributed by atoms with van der Waals surface area (Å²) in [6, 6.07) is 8.24. The predicted octanol–water partition coefficient (Wildman–Crippen LogP) is 1.47. The molecule has 0 spiro atoms. The fourth-order valence-electron chi connectivity index (χ4n) is 2.89. The lowest BCUT2D eigenvalue weighted by atomic mass is 10.2. The highest BCUT2D eigenvalue weighted by Gasteiger charge is 2.30. The van der Waals surface area contributed by atoms with Crippen LogP contribution in [-0.2, 0) is 0 Å². The van der Waals surface area contributed by atoms with Crippen molar-refractivity contribution in [3.8, 4) is 0 Å². The first-order valence-electron chi connectivity index (χ1n) is 7.40. The number of nitrogens with zero attached hydrogens (tertiary/aromatic N) is 4. The monoisotopic (exact) mass is 310 g/mol. The number of hydrogen-bond acceptors (Lipinski definition) is 5. The lowest BCUT2D eigenvalue weighted by Gasteiger charge is -2.15. The first kappa shape index (κ1) is 13.7. The number of carbonyl (C=O) groups excluding carboxylic acids is 1. The number of hydrogen-bond donors (Lipinski definition) is 0. The topological polar surface area (TPSA) is 81.2 Å². The van der Waals surface area contributed by atoms with Gasteiger partial charge in [0.25, 0.3) is 5.91 Å². The van der Waals surface area contributed by atoms with Crippen molar-refractivity contribution >= 4 is 16.9 Å². The summed E-state index contributed by atoms with van der Waals surface area (Å²) in [6.07, 6.45) is 4.01. The lowest BCUT2D eigenvalue weighted by Crippen LogP contribution is -2.30. The summed E-state index contributed by atoms with van der Waals surface area (Å²) >= 11 is 0. The first-order valence-corrected chi connectivity index (χ1v) is 7.40. The molecule has 1 unspecified atom stereocenters. The van der Waals surface area contributed by atoms with Gasteiger partial charge in [0.05, 0.1) is 23.8 Å². The Balaban J connectivity index is 1.61. The zero-order valence-electron chi connectivity index (χ0n) is 12.3. The molecule has 116 valence electrons. The van der Waals surface area contributed by atoms with Crippen LogP contribution < -0.4 is 5.43 Å². The van der Waals surface area contributed by atoms with E-state index in [2.05, 4.69) is 10.2 Å². The summed E-state index contributed by atoms with van der Waals surface area (Å²) in [5.74, 6) is -0.203. The Bertz CT molecular complexity index is 916. The molecule has 0 aliphatic carbocycles. The Kier molecular flexibility index (Phi) is 3.18. The molecule has 7 nitrogen and oxygen atoms in total. The summed E-state index contributed by atoms with van der Waals surface area (Å²) in [7, 11) is 0. The van der Waals surface area contributed by atoms with Gasteiger partial charge in [-0.1, -0.05) is 12.1 Å². The maximum absolute atomic E-state index is 12.6. The Hall–Kier alpha value is -2.96. The fraction of sp³-hybridized carbons (Fsp3) is 0.250. The van der Waals surface area contributed by atoms with Crippen LogP contribution in [0.1, 0.15) is 23.0 Å². The van der Waals surface area contributed by atoms with Crippen LogP contribution in [0.5, 0.6) is 0 Å². The summed E-state index contributed by atoms with van der Waals surface area (Å²) in [5.41, 5.74) is 0.215. The highest BCUT2D eigenvalue weighted by atomic mass is 16.3. The van der Waals surface area contributed by atoms with Gasteiger partial charge in [0.1, 0.15) is 5.58 Å². The van der Waals surface area contributed by atoms with E-state index in [0.29, 0.717) is 24.1 Å². The van der Waals surface area contributed by atoms with E-state index in [4.69, 9.17) is 4.42 Å². The molecule has 1 saturated heterocycles. The molecule has 0 radical (unpaired) electrons. The van der Waals surface area contributed by atoms with Crippen LogP contribution in [0.25, 0.3) is 11.0 Å². The standard InChI is InChI=1S/C16H14N4O3/c21-13-9-15(23-14-4-2-1-3-12(13)14)16(22)19-8-5-11(10-19)20-17-6-7-18-20/h1-4,6-7,9,11H,5,8,10H2. The largest absolute Gasteiger partial charge is 0.451 e. The van der Waals surface area contributed by atoms with Crippen molar-refractivity contribution in [3.63, 3.8) is 0 Å². The summed E-state index contributed by atoms with van der Waals surface area (Å²) in [6.45, 7) is 1.09. The average Bonchev–Trinajstić information content (AvgIpc) is 3.25. The van der Waals surface area contributed by atoms with Crippen LogP contribution in [0, 0.1) is 0 Å². The van der Waals surface area contributed by atoms with Crippen LogP contribution in [0.4, 0.5) is 0 Å². The van der Waals surface area contributed by atoms with E-state index in [1.165, 1.54) is 6.07 Å². The van der Waals surface area contributed by atoms with Crippen LogP contribution >= 0.6 is 0 Å². The second kappa shape index (κ2) is 5.35. The van der Waals surface area contributed by atoms with E-state index in [-0.39, 0.29) is 23.1 Å². The molecule has 1 atom stereocenters. The van der Waals surface area contributed by atoms with Crippen molar-refractivity contribution in [1.29, 1.82) is 0 Å². The number of aromatic nitrogens is 3. The summed E-state index contributed by atoms with van der Waals surface area (Å²) in [5, 5.41) is 8.70. The molecule has 1 fully saturated rings. The Morgan fingerprint density at radius 2 is 2.00 bits per heavy atom. The maximum atomic E-state index is 12.6. The van der Waals surface area contributed by atoms with Crippen LogP contribution in [0.2, 0.25) is 0 Å². The van der Waals surface area contributed by atoms with Gasteiger partial charge in [-0.05, 0) is 18.6 Å². The third kappa shape index (κ3) is 2.40. The second-order valence-electron chi connectivity index (χ2n) is 5.51. The minimum atomic E-state index is -0.275. The van der Waals surface area contributed by atoms with E-state index in [1.807, 2.05) is 0 Å². The van der Waals surface area contributed by atoms with Crippen molar-refractivity contribution in [3.05, 3.63) is 58.7 Å². The molecule has 2 aromatic heterocycles. The molecule has 4 rings (SSSR count). The van der Waals surface area contributed by atoms with Crippen LogP contribution in [0.3, 0.4) is 0 Å². The lowest BCUT2D eigenvalue weighted by molar-refractivity contribution is 0.0755. The van der Waals surface area contributed by atoms with Gasteiger partial charge in [-0.15, -0.1) is 0 Å². The molecule has 3 aromatic rings. The van der Waals surface area contributed by atoms with Crippen molar-refractivity contribution in [1.82, 2.24) is 19.9 Å². The highest BCUT2D eigenvalue weighted by molar-refractivity contribution is 5.93. The summed E-state index contributed by atoms with van der Waals surface area (Å²) in [4.78, 5) is 28.0. The molecule has 0 bridgehead atoms. The molecule has 1 aliphatic heterocycles. The minimum Gasteiger partial charge on any atom is -0.451 e. The van der Waals surface area contributed by atoms with Gasteiger partial charge in [0.15, 0.2) is 11.2 Å². The van der Waals surface area contributed by atoms with Gasteiger partial charge in [0.2, 0.25) is 0 Å². The molecule has 1 amide bonds. The molecule has 3 heterocycles. The molecular formula is C16H14N4O3. The van der Waals surface area contributed by atoms with E-state index in [0.717, 1.165) is 6.42 Å². The Morgan fingerprint density at radius 1 is 1.22 bits per heavy atom. The number of benzene rings is 1. The minimum absolute atomic E-state index is 0.0566. The number of rotatable bonds is 2. The molecule has 0 saturated carbocycles. The van der Waals surface area contributed by atoms with Gasteiger partial charge in [-0.2, -0.15) is 15.0 Å². The molecule has 0 N–H and O–H groups in total. The highest BCUT2D eigenvalue weighted by Crippen LogP contribution is 2.22. The van der Waals surface area contributed by atoms with E-state index < -0.39 is 0 Å². The van der Waals surface area contributed by atoms with Gasteiger partial charge >= 0.3 is 0 Å². The first-order chi connectivity index (χ1) is 11.2. The zero-order chi connectivity index (χ0) is 15.8. The maximum Gasteiger partial charge on any atom is 0.289 e. The van der Waals surface area contributed by atoms with E-state index in [1.54, 1.807) is 46.4 Å². The van der Waals surface area contributed by atoms with Crippen molar-refractivity contribution in [2.45, 2.75) is 12.5 Å². The zero-order valence-corrected chi connectivity index (χ0v) is 12.3. The van der Waals surface area contributed by atoms with Crippen LogP contribution in [-0.4, -0.2) is 38.9 Å². The SMILES string of the molecule is O=C(c1cc(=O)c2ccccc2o1)N1CCC(n2nccn2)C1. The third-order valence-electron chi connectivity index (χ3n) is 4.06. The van der Waals surface area contributed by atoms with Gasteiger partial charge < -0.3 is 9.32 Å². The normalized spacial score (nSPS) is 17.7. The Morgan fingerprint density at radius 3 is 2.83 bits per heavy atom. The molecule has 1 aliphatic rings.